The molecule has 1 amide bonds. The summed E-state index contributed by atoms with van der Waals surface area (Å²) in [6.45, 7) is 3.06. The van der Waals surface area contributed by atoms with Crippen LogP contribution in [-0.4, -0.2) is 32.2 Å². The lowest BCUT2D eigenvalue weighted by Gasteiger charge is -2.12. The number of benzene rings is 1. The van der Waals surface area contributed by atoms with Crippen molar-refractivity contribution in [2.75, 3.05) is 25.6 Å². The van der Waals surface area contributed by atoms with Gasteiger partial charge in [0.15, 0.2) is 6.04 Å². The summed E-state index contributed by atoms with van der Waals surface area (Å²) in [5.41, 5.74) is 0.412. The second kappa shape index (κ2) is 7.31. The van der Waals surface area contributed by atoms with Gasteiger partial charge in [0.05, 0.1) is 23.9 Å². The van der Waals surface area contributed by atoms with E-state index in [2.05, 4.69) is 5.32 Å². The maximum Gasteiger partial charge on any atom is 0.282 e. The second-order valence-electron chi connectivity index (χ2n) is 3.92. The van der Waals surface area contributed by atoms with Gasteiger partial charge in [0.25, 0.3) is 5.91 Å². The molecule has 0 aliphatic heterocycles. The summed E-state index contributed by atoms with van der Waals surface area (Å²) in [5.74, 6) is -0.614. The van der Waals surface area contributed by atoms with Gasteiger partial charge in [0.2, 0.25) is 0 Å². The maximum absolute atomic E-state index is 12.8. The molecule has 6 heteroatoms. The predicted molar refractivity (Wildman–Crippen MR) is 68.2 cm³/mol. The van der Waals surface area contributed by atoms with Crippen LogP contribution in [0, 0.1) is 5.82 Å². The number of anilines is 1. The molecule has 0 aliphatic carbocycles. The lowest BCUT2D eigenvalue weighted by molar-refractivity contribution is -0.674. The molecule has 0 spiro atoms. The number of rotatable bonds is 6. The van der Waals surface area contributed by atoms with Gasteiger partial charge in [-0.2, -0.15) is 0 Å². The van der Waals surface area contributed by atoms with E-state index in [4.69, 9.17) is 16.3 Å². The van der Waals surface area contributed by atoms with Gasteiger partial charge >= 0.3 is 0 Å². The fourth-order valence-corrected chi connectivity index (χ4v) is 1.59. The Morgan fingerprint density at radius 2 is 2.33 bits per heavy atom. The number of nitrogens with two attached hydrogens (primary N) is 1. The molecule has 0 saturated carbocycles. The molecule has 0 saturated heterocycles. The van der Waals surface area contributed by atoms with Crippen LogP contribution >= 0.6 is 11.6 Å². The van der Waals surface area contributed by atoms with Gasteiger partial charge in [0.1, 0.15) is 5.82 Å². The Hall–Kier alpha value is -1.17. The number of carbonyl (C=O) groups excluding carboxylic acids is 1. The summed E-state index contributed by atoms with van der Waals surface area (Å²) in [5, 5.41) is 4.70. The maximum atomic E-state index is 12.8. The third-order valence-corrected chi connectivity index (χ3v) is 2.76. The van der Waals surface area contributed by atoms with Gasteiger partial charge in [-0.1, -0.05) is 11.6 Å². The van der Waals surface area contributed by atoms with E-state index in [0.29, 0.717) is 18.8 Å². The van der Waals surface area contributed by atoms with Crippen LogP contribution in [0.25, 0.3) is 0 Å². The Balaban J connectivity index is 2.53. The van der Waals surface area contributed by atoms with Crippen LogP contribution in [0.15, 0.2) is 18.2 Å². The minimum absolute atomic E-state index is 0.181. The largest absolute Gasteiger partial charge is 0.379 e. The summed E-state index contributed by atoms with van der Waals surface area (Å²) in [6, 6.07) is 3.59. The minimum atomic E-state index is -0.433. The molecule has 0 fully saturated rings. The summed E-state index contributed by atoms with van der Waals surface area (Å²) in [6.07, 6.45) is 0. The zero-order valence-corrected chi connectivity index (χ0v) is 11.1. The molecule has 0 aliphatic rings. The molecule has 18 heavy (non-hydrogen) atoms. The van der Waals surface area contributed by atoms with Crippen LogP contribution in [0.2, 0.25) is 5.02 Å². The molecule has 1 atom stereocenters. The Morgan fingerprint density at radius 1 is 1.61 bits per heavy atom. The van der Waals surface area contributed by atoms with E-state index in [0.717, 1.165) is 6.07 Å². The third-order valence-electron chi connectivity index (χ3n) is 2.44. The number of halogens is 2. The Kier molecular flexibility index (Phi) is 6.04. The number of hydrogen-bond acceptors (Lipinski definition) is 2. The van der Waals surface area contributed by atoms with E-state index in [1.807, 2.05) is 5.32 Å². The number of hydrogen-bond donors (Lipinski definition) is 2. The van der Waals surface area contributed by atoms with Gasteiger partial charge < -0.3 is 15.4 Å². The number of nitrogens with one attached hydrogen (secondary N) is 1. The highest BCUT2D eigenvalue weighted by Crippen LogP contribution is 2.22. The van der Waals surface area contributed by atoms with Gasteiger partial charge in [-0.15, -0.1) is 0 Å². The molecule has 1 aromatic carbocycles. The van der Waals surface area contributed by atoms with Gasteiger partial charge in [-0.25, -0.2) is 4.39 Å². The highest BCUT2D eigenvalue weighted by Gasteiger charge is 2.16. The van der Waals surface area contributed by atoms with Crippen molar-refractivity contribution in [3.63, 3.8) is 0 Å². The normalized spacial score (nSPS) is 12.2. The molecule has 1 rings (SSSR count). The molecule has 4 nitrogen and oxygen atoms in total. The van der Waals surface area contributed by atoms with Crippen LogP contribution in [0.4, 0.5) is 10.1 Å². The average Bonchev–Trinajstić information content (AvgIpc) is 2.32. The third kappa shape index (κ3) is 4.60. The first-order valence-corrected chi connectivity index (χ1v) is 6.00. The summed E-state index contributed by atoms with van der Waals surface area (Å²) in [4.78, 5) is 11.8. The standard InChI is InChI=1S/C12H16ClFN2O2/c1-8(15-5-6-18-2)12(17)16-11-4-3-9(14)7-10(11)13/h3-4,7-8,15H,5-6H2,1-2H3,(H,16,17)/p+1/t8-/m1/s1. The Labute approximate surface area is 110 Å². The van der Waals surface area contributed by atoms with Crippen molar-refractivity contribution in [2.24, 2.45) is 0 Å². The quantitative estimate of drug-likeness (QED) is 0.762. The van der Waals surface area contributed by atoms with Crippen LogP contribution in [-0.2, 0) is 9.53 Å². The van der Waals surface area contributed by atoms with Gasteiger partial charge in [-0.05, 0) is 25.1 Å². The second-order valence-corrected chi connectivity index (χ2v) is 4.33. The first kappa shape index (κ1) is 14.9. The summed E-state index contributed by atoms with van der Waals surface area (Å²) >= 11 is 5.82. The van der Waals surface area contributed by atoms with Crippen molar-refractivity contribution >= 4 is 23.2 Å². The molecule has 1 aromatic rings. The number of quaternary nitrogens is 1. The molecule has 0 unspecified atom stereocenters. The van der Waals surface area contributed by atoms with Crippen molar-refractivity contribution in [3.8, 4) is 0 Å². The number of carbonyl (C=O) groups is 1. The molecule has 3 N–H and O–H groups in total. The molecule has 0 radical (unpaired) electrons. The number of amides is 1. The first-order valence-electron chi connectivity index (χ1n) is 5.62. The molecular weight excluding hydrogens is 259 g/mol. The monoisotopic (exact) mass is 275 g/mol. The summed E-state index contributed by atoms with van der Waals surface area (Å²) < 4.78 is 17.7. The molecular formula is C12H17ClFN2O2+. The molecule has 100 valence electrons. The number of methoxy groups -OCH3 is 1. The van der Waals surface area contributed by atoms with Crippen molar-refractivity contribution < 1.29 is 19.2 Å². The van der Waals surface area contributed by atoms with E-state index in [1.54, 1.807) is 14.0 Å². The highest BCUT2D eigenvalue weighted by atomic mass is 35.5. The topological polar surface area (TPSA) is 54.9 Å². The summed E-state index contributed by atoms with van der Waals surface area (Å²) in [7, 11) is 1.61. The molecule has 0 aromatic heterocycles. The van der Waals surface area contributed by atoms with Crippen molar-refractivity contribution in [2.45, 2.75) is 13.0 Å². The lowest BCUT2D eigenvalue weighted by atomic mass is 10.2. The van der Waals surface area contributed by atoms with Gasteiger partial charge in [0, 0.05) is 7.11 Å². The number of ether oxygens (including phenoxy) is 1. The Morgan fingerprint density at radius 3 is 2.94 bits per heavy atom. The predicted octanol–water partition coefficient (Wildman–Crippen LogP) is 1.02. The molecule has 0 heterocycles. The van der Waals surface area contributed by atoms with E-state index in [-0.39, 0.29) is 17.0 Å². The van der Waals surface area contributed by atoms with Crippen LogP contribution < -0.4 is 10.6 Å². The fraction of sp³-hybridized carbons (Fsp3) is 0.417. The van der Waals surface area contributed by atoms with Crippen LogP contribution in [0.1, 0.15) is 6.92 Å². The van der Waals surface area contributed by atoms with E-state index in [9.17, 15) is 9.18 Å². The fourth-order valence-electron chi connectivity index (χ4n) is 1.38. The van der Waals surface area contributed by atoms with Crippen molar-refractivity contribution in [1.29, 1.82) is 0 Å². The Bertz CT molecular complexity index is 415. The smallest absolute Gasteiger partial charge is 0.282 e. The zero-order valence-electron chi connectivity index (χ0n) is 10.4. The lowest BCUT2D eigenvalue weighted by Crippen LogP contribution is -2.92. The average molecular weight is 276 g/mol. The SMILES string of the molecule is COCC[NH2+][C@H](C)C(=O)Nc1ccc(F)cc1Cl. The molecule has 0 bridgehead atoms. The van der Waals surface area contributed by atoms with Crippen molar-refractivity contribution in [1.82, 2.24) is 0 Å². The van der Waals surface area contributed by atoms with E-state index >= 15 is 0 Å². The minimum Gasteiger partial charge on any atom is -0.379 e. The van der Waals surface area contributed by atoms with Crippen LogP contribution in [0.3, 0.4) is 0 Å². The first-order chi connectivity index (χ1) is 8.54. The highest BCUT2D eigenvalue weighted by molar-refractivity contribution is 6.33. The van der Waals surface area contributed by atoms with E-state index in [1.165, 1.54) is 12.1 Å². The zero-order chi connectivity index (χ0) is 13.5. The van der Waals surface area contributed by atoms with Crippen molar-refractivity contribution in [3.05, 3.63) is 29.0 Å². The van der Waals surface area contributed by atoms with E-state index < -0.39 is 5.82 Å². The van der Waals surface area contributed by atoms with Gasteiger partial charge in [-0.3, -0.25) is 4.79 Å². The van der Waals surface area contributed by atoms with Crippen LogP contribution in [0.5, 0.6) is 0 Å².